The van der Waals surface area contributed by atoms with E-state index in [1.165, 1.54) is 0 Å². The van der Waals surface area contributed by atoms with Gasteiger partial charge in [-0.05, 0) is 38.5 Å². The van der Waals surface area contributed by atoms with E-state index in [0.717, 1.165) is 50.4 Å². The number of rotatable bonds is 6. The molecule has 1 aliphatic rings. The van der Waals surface area contributed by atoms with E-state index in [1.54, 1.807) is 12.1 Å². The first kappa shape index (κ1) is 19.3. The number of primary sulfonamides is 1. The Hall–Kier alpha value is -1.48. The van der Waals surface area contributed by atoms with Gasteiger partial charge in [-0.2, -0.15) is 0 Å². The standard InChI is InChI=1S/C18H28N4O3S/c1-4-5-8-22-17-7-6-15(26(19,23)24)9-16(17)20-18(22)12-21-10-13(2)25-14(3)11-21/h6-7,9,13-14H,4-5,8,10-12H2,1-3H3,(H2,19,23,24). The van der Waals surface area contributed by atoms with Crippen molar-refractivity contribution in [3.63, 3.8) is 0 Å². The fourth-order valence-electron chi connectivity index (χ4n) is 3.64. The Labute approximate surface area is 155 Å². The number of aryl methyl sites for hydroxylation is 1. The summed E-state index contributed by atoms with van der Waals surface area (Å²) in [5, 5.41) is 5.27. The highest BCUT2D eigenvalue weighted by molar-refractivity contribution is 7.89. The van der Waals surface area contributed by atoms with Crippen molar-refractivity contribution >= 4 is 21.1 Å². The quantitative estimate of drug-likeness (QED) is 0.829. The Balaban J connectivity index is 1.96. The van der Waals surface area contributed by atoms with E-state index in [4.69, 9.17) is 14.9 Å². The summed E-state index contributed by atoms with van der Waals surface area (Å²) in [6.45, 7) is 9.65. The lowest BCUT2D eigenvalue weighted by Gasteiger charge is -2.35. The molecule has 0 bridgehead atoms. The zero-order valence-corrected chi connectivity index (χ0v) is 16.5. The van der Waals surface area contributed by atoms with Crippen LogP contribution in [0, 0.1) is 0 Å². The molecule has 0 aliphatic carbocycles. The number of benzene rings is 1. The van der Waals surface area contributed by atoms with Gasteiger partial charge in [-0.3, -0.25) is 4.90 Å². The highest BCUT2D eigenvalue weighted by Crippen LogP contribution is 2.23. The van der Waals surface area contributed by atoms with Gasteiger partial charge >= 0.3 is 0 Å². The maximum absolute atomic E-state index is 11.7. The summed E-state index contributed by atoms with van der Waals surface area (Å²) in [5.74, 6) is 0.960. The summed E-state index contributed by atoms with van der Waals surface area (Å²) in [6, 6.07) is 4.94. The predicted molar refractivity (Wildman–Crippen MR) is 101 cm³/mol. The maximum Gasteiger partial charge on any atom is 0.238 e. The zero-order chi connectivity index (χ0) is 18.9. The number of imidazole rings is 1. The molecular formula is C18H28N4O3S. The molecule has 2 atom stereocenters. The molecule has 1 aromatic carbocycles. The van der Waals surface area contributed by atoms with E-state index in [0.29, 0.717) is 5.52 Å². The number of sulfonamides is 1. The third kappa shape index (κ3) is 4.25. The van der Waals surface area contributed by atoms with Gasteiger partial charge in [-0.25, -0.2) is 18.5 Å². The lowest BCUT2D eigenvalue weighted by Crippen LogP contribution is -2.45. The smallest absolute Gasteiger partial charge is 0.238 e. The molecule has 26 heavy (non-hydrogen) atoms. The second-order valence-electron chi connectivity index (χ2n) is 7.18. The molecule has 0 spiro atoms. The predicted octanol–water partition coefficient (Wildman–Crippen LogP) is 2.09. The van der Waals surface area contributed by atoms with Gasteiger partial charge < -0.3 is 9.30 Å². The van der Waals surface area contributed by atoms with E-state index in [-0.39, 0.29) is 17.1 Å². The molecule has 1 aromatic heterocycles. The van der Waals surface area contributed by atoms with Crippen LogP contribution in [0.15, 0.2) is 23.1 Å². The van der Waals surface area contributed by atoms with Crippen LogP contribution in [-0.4, -0.2) is 48.2 Å². The number of fused-ring (bicyclic) bond motifs is 1. The van der Waals surface area contributed by atoms with Crippen LogP contribution in [0.4, 0.5) is 0 Å². The van der Waals surface area contributed by atoms with Crippen LogP contribution < -0.4 is 5.14 Å². The lowest BCUT2D eigenvalue weighted by molar-refractivity contribution is -0.0712. The van der Waals surface area contributed by atoms with Crippen molar-refractivity contribution in [2.75, 3.05) is 13.1 Å². The maximum atomic E-state index is 11.7. The largest absolute Gasteiger partial charge is 0.373 e. The molecule has 2 unspecified atom stereocenters. The van der Waals surface area contributed by atoms with E-state index < -0.39 is 10.0 Å². The summed E-state index contributed by atoms with van der Waals surface area (Å²) >= 11 is 0. The third-order valence-electron chi connectivity index (χ3n) is 4.72. The minimum absolute atomic E-state index is 0.102. The average Bonchev–Trinajstić information content (AvgIpc) is 2.87. The first-order chi connectivity index (χ1) is 12.3. The Morgan fingerprint density at radius 2 is 1.96 bits per heavy atom. The SMILES string of the molecule is CCCCn1c(CN2CC(C)OC(C)C2)nc2cc(S(N)(=O)=O)ccc21. The minimum atomic E-state index is -3.73. The summed E-state index contributed by atoms with van der Waals surface area (Å²) in [7, 11) is -3.73. The fraction of sp³-hybridized carbons (Fsp3) is 0.611. The van der Waals surface area contributed by atoms with Crippen LogP contribution >= 0.6 is 0 Å². The second-order valence-corrected chi connectivity index (χ2v) is 8.74. The van der Waals surface area contributed by atoms with Crippen molar-refractivity contribution in [3.05, 3.63) is 24.0 Å². The van der Waals surface area contributed by atoms with Gasteiger partial charge in [0.05, 0.1) is 34.7 Å². The normalized spacial score (nSPS) is 22.2. The molecule has 1 fully saturated rings. The number of unbranched alkanes of at least 4 members (excludes halogenated alkanes) is 1. The molecule has 0 radical (unpaired) electrons. The molecule has 2 N–H and O–H groups in total. The highest BCUT2D eigenvalue weighted by atomic mass is 32.2. The van der Waals surface area contributed by atoms with E-state index >= 15 is 0 Å². The average molecular weight is 381 g/mol. The van der Waals surface area contributed by atoms with E-state index in [1.807, 2.05) is 6.07 Å². The van der Waals surface area contributed by atoms with Crippen LogP contribution in [0.5, 0.6) is 0 Å². The Bertz CT molecular complexity index is 868. The molecule has 0 amide bonds. The number of hydrogen-bond acceptors (Lipinski definition) is 5. The molecule has 1 saturated heterocycles. The number of morpholine rings is 1. The van der Waals surface area contributed by atoms with Gasteiger partial charge in [0.2, 0.25) is 10.0 Å². The molecule has 8 heteroatoms. The number of hydrogen-bond donors (Lipinski definition) is 1. The van der Waals surface area contributed by atoms with Gasteiger partial charge in [0.1, 0.15) is 5.82 Å². The van der Waals surface area contributed by atoms with Crippen molar-refractivity contribution < 1.29 is 13.2 Å². The van der Waals surface area contributed by atoms with Crippen LogP contribution in [-0.2, 0) is 27.8 Å². The molecule has 1 aliphatic heterocycles. The summed E-state index contributed by atoms with van der Waals surface area (Å²) in [6.07, 6.45) is 2.52. The Morgan fingerprint density at radius 3 is 2.58 bits per heavy atom. The van der Waals surface area contributed by atoms with Gasteiger partial charge in [0, 0.05) is 19.6 Å². The lowest BCUT2D eigenvalue weighted by atomic mass is 10.2. The van der Waals surface area contributed by atoms with Crippen LogP contribution in [0.2, 0.25) is 0 Å². The van der Waals surface area contributed by atoms with Crippen LogP contribution in [0.3, 0.4) is 0 Å². The van der Waals surface area contributed by atoms with Crippen molar-refractivity contribution in [1.82, 2.24) is 14.5 Å². The third-order valence-corrected chi connectivity index (χ3v) is 5.63. The first-order valence-corrected chi connectivity index (χ1v) is 10.7. The van der Waals surface area contributed by atoms with E-state index in [9.17, 15) is 8.42 Å². The van der Waals surface area contributed by atoms with Gasteiger partial charge in [-0.15, -0.1) is 0 Å². The summed E-state index contributed by atoms with van der Waals surface area (Å²) in [4.78, 5) is 7.20. The van der Waals surface area contributed by atoms with E-state index in [2.05, 4.69) is 30.2 Å². The number of ether oxygens (including phenoxy) is 1. The molecule has 2 aromatic rings. The fourth-order valence-corrected chi connectivity index (χ4v) is 4.17. The van der Waals surface area contributed by atoms with Crippen molar-refractivity contribution in [2.24, 2.45) is 5.14 Å². The van der Waals surface area contributed by atoms with Crippen molar-refractivity contribution in [1.29, 1.82) is 0 Å². The number of nitrogens with two attached hydrogens (primary N) is 1. The molecular weight excluding hydrogens is 352 g/mol. The van der Waals surface area contributed by atoms with Crippen molar-refractivity contribution in [2.45, 2.75) is 63.8 Å². The second kappa shape index (κ2) is 7.64. The Morgan fingerprint density at radius 1 is 1.27 bits per heavy atom. The molecule has 3 rings (SSSR count). The Kier molecular flexibility index (Phi) is 5.67. The number of aromatic nitrogens is 2. The monoisotopic (exact) mass is 380 g/mol. The first-order valence-electron chi connectivity index (χ1n) is 9.17. The molecule has 2 heterocycles. The number of nitrogens with zero attached hydrogens (tertiary/aromatic N) is 3. The van der Waals surface area contributed by atoms with Crippen LogP contribution in [0.1, 0.15) is 39.4 Å². The van der Waals surface area contributed by atoms with Gasteiger partial charge in [0.25, 0.3) is 0 Å². The topological polar surface area (TPSA) is 90.4 Å². The summed E-state index contributed by atoms with van der Waals surface area (Å²) < 4.78 is 31.3. The van der Waals surface area contributed by atoms with Crippen molar-refractivity contribution in [3.8, 4) is 0 Å². The molecule has 144 valence electrons. The minimum Gasteiger partial charge on any atom is -0.373 e. The van der Waals surface area contributed by atoms with Gasteiger partial charge in [-0.1, -0.05) is 13.3 Å². The molecule has 7 nitrogen and oxygen atoms in total. The molecule has 0 saturated carbocycles. The zero-order valence-electron chi connectivity index (χ0n) is 15.7. The van der Waals surface area contributed by atoms with Crippen LogP contribution in [0.25, 0.3) is 11.0 Å². The summed E-state index contributed by atoms with van der Waals surface area (Å²) in [5.41, 5.74) is 1.63. The van der Waals surface area contributed by atoms with Gasteiger partial charge in [0.15, 0.2) is 0 Å². The highest BCUT2D eigenvalue weighted by Gasteiger charge is 2.24.